The number of imidazole rings is 1. The number of carbonyl (C=O) groups is 1. The molecule has 1 amide bonds. The van der Waals surface area contributed by atoms with E-state index >= 15 is 0 Å². The van der Waals surface area contributed by atoms with Crippen LogP contribution in [0, 0.1) is 11.3 Å². The van der Waals surface area contributed by atoms with Crippen molar-refractivity contribution in [2.24, 2.45) is 11.3 Å². The lowest BCUT2D eigenvalue weighted by atomic mass is 9.92. The number of hydrogen-bond donors (Lipinski definition) is 2. The molecule has 2 heterocycles. The first kappa shape index (κ1) is 13.8. The van der Waals surface area contributed by atoms with Crippen LogP contribution in [0.25, 0.3) is 11.0 Å². The second kappa shape index (κ2) is 5.39. The van der Waals surface area contributed by atoms with E-state index < -0.39 is 0 Å². The summed E-state index contributed by atoms with van der Waals surface area (Å²) in [6, 6.07) is 8.09. The van der Waals surface area contributed by atoms with Gasteiger partial charge in [-0.25, -0.2) is 4.98 Å². The molecule has 1 aliphatic carbocycles. The van der Waals surface area contributed by atoms with Crippen molar-refractivity contribution in [3.8, 4) is 0 Å². The van der Waals surface area contributed by atoms with Crippen LogP contribution in [0.1, 0.15) is 19.3 Å². The van der Waals surface area contributed by atoms with Crippen LogP contribution in [-0.4, -0.2) is 35.1 Å². The molecule has 2 aromatic rings. The molecule has 2 fully saturated rings. The Hall–Kier alpha value is -1.88. The molecule has 22 heavy (non-hydrogen) atoms. The van der Waals surface area contributed by atoms with Gasteiger partial charge >= 0.3 is 0 Å². The summed E-state index contributed by atoms with van der Waals surface area (Å²) in [5.41, 5.74) is 2.44. The minimum Gasteiger partial charge on any atom is -0.354 e. The first-order chi connectivity index (χ1) is 10.8. The van der Waals surface area contributed by atoms with E-state index in [-0.39, 0.29) is 11.8 Å². The summed E-state index contributed by atoms with van der Waals surface area (Å²) in [5, 5.41) is 6.49. The van der Waals surface area contributed by atoms with Crippen molar-refractivity contribution >= 4 is 16.9 Å². The number of para-hydroxylation sites is 2. The third-order valence-corrected chi connectivity index (χ3v) is 5.28. The SMILES string of the molecule is O=C(NCCn1cnc2ccccc21)C1CC12CCNCC2. The number of fused-ring (bicyclic) bond motifs is 1. The number of carbonyl (C=O) groups excluding carboxylic acids is 1. The van der Waals surface area contributed by atoms with Crippen LogP contribution in [0.2, 0.25) is 0 Å². The molecular weight excluding hydrogens is 276 g/mol. The molecule has 0 bridgehead atoms. The van der Waals surface area contributed by atoms with Gasteiger partial charge in [-0.2, -0.15) is 0 Å². The van der Waals surface area contributed by atoms with Gasteiger partial charge in [0, 0.05) is 19.0 Å². The largest absolute Gasteiger partial charge is 0.354 e. The van der Waals surface area contributed by atoms with Gasteiger partial charge in [-0.3, -0.25) is 4.79 Å². The Labute approximate surface area is 130 Å². The zero-order chi connectivity index (χ0) is 15.0. The monoisotopic (exact) mass is 298 g/mol. The highest BCUT2D eigenvalue weighted by molar-refractivity contribution is 5.82. The number of nitrogens with zero attached hydrogens (tertiary/aromatic N) is 2. The smallest absolute Gasteiger partial charge is 0.223 e. The van der Waals surface area contributed by atoms with Crippen LogP contribution in [0.5, 0.6) is 0 Å². The lowest BCUT2D eigenvalue weighted by Gasteiger charge is -2.23. The van der Waals surface area contributed by atoms with Crippen LogP contribution >= 0.6 is 0 Å². The van der Waals surface area contributed by atoms with Crippen molar-refractivity contribution in [1.29, 1.82) is 0 Å². The van der Waals surface area contributed by atoms with Gasteiger partial charge in [-0.15, -0.1) is 0 Å². The van der Waals surface area contributed by atoms with Crippen LogP contribution in [0.3, 0.4) is 0 Å². The minimum atomic E-state index is 0.242. The van der Waals surface area contributed by atoms with Crippen LogP contribution < -0.4 is 10.6 Å². The van der Waals surface area contributed by atoms with E-state index in [0.29, 0.717) is 12.0 Å². The van der Waals surface area contributed by atoms with Gasteiger partial charge in [-0.05, 0) is 49.9 Å². The standard InChI is InChI=1S/C17H22N4O/c22-16(13-11-17(13)5-7-18-8-6-17)19-9-10-21-12-20-14-3-1-2-4-15(14)21/h1-4,12-13,18H,5-11H2,(H,19,22). The molecule has 116 valence electrons. The number of nitrogens with one attached hydrogen (secondary N) is 2. The molecule has 2 aliphatic rings. The summed E-state index contributed by atoms with van der Waals surface area (Å²) < 4.78 is 2.10. The Morgan fingerprint density at radius 3 is 3.05 bits per heavy atom. The molecule has 1 aromatic heterocycles. The van der Waals surface area contributed by atoms with Crippen molar-refractivity contribution < 1.29 is 4.79 Å². The summed E-state index contributed by atoms with van der Waals surface area (Å²) >= 11 is 0. The van der Waals surface area contributed by atoms with Gasteiger partial charge in [0.25, 0.3) is 0 Å². The predicted octanol–water partition coefficient (Wildman–Crippen LogP) is 1.54. The zero-order valence-electron chi connectivity index (χ0n) is 12.7. The number of amides is 1. The Kier molecular flexibility index (Phi) is 3.37. The van der Waals surface area contributed by atoms with Crippen molar-refractivity contribution in [3.63, 3.8) is 0 Å². The molecule has 1 spiro atoms. The van der Waals surface area contributed by atoms with Crippen molar-refractivity contribution in [2.75, 3.05) is 19.6 Å². The maximum Gasteiger partial charge on any atom is 0.223 e. The molecular formula is C17H22N4O. The Bertz CT molecular complexity index is 687. The quantitative estimate of drug-likeness (QED) is 0.900. The molecule has 4 rings (SSSR count). The average Bonchev–Trinajstić information content (AvgIpc) is 3.08. The number of piperidine rings is 1. The van der Waals surface area contributed by atoms with Crippen molar-refractivity contribution in [1.82, 2.24) is 20.2 Å². The molecule has 1 atom stereocenters. The lowest BCUT2D eigenvalue weighted by Crippen LogP contribution is -2.34. The summed E-state index contributed by atoms with van der Waals surface area (Å²) in [7, 11) is 0. The molecule has 5 heteroatoms. The second-order valence-electron chi connectivity index (χ2n) is 6.59. The molecule has 1 saturated heterocycles. The topological polar surface area (TPSA) is 59.0 Å². The number of rotatable bonds is 4. The second-order valence-corrected chi connectivity index (χ2v) is 6.59. The summed E-state index contributed by atoms with van der Waals surface area (Å²) in [6.07, 6.45) is 5.23. The fourth-order valence-electron chi connectivity index (χ4n) is 3.81. The van der Waals surface area contributed by atoms with Crippen molar-refractivity contribution in [3.05, 3.63) is 30.6 Å². The van der Waals surface area contributed by atoms with E-state index in [9.17, 15) is 4.79 Å². The third kappa shape index (κ3) is 2.39. The van der Waals surface area contributed by atoms with Gasteiger partial charge in [0.15, 0.2) is 0 Å². The molecule has 2 N–H and O–H groups in total. The summed E-state index contributed by atoms with van der Waals surface area (Å²) in [6.45, 7) is 3.56. The average molecular weight is 298 g/mol. The van der Waals surface area contributed by atoms with Crippen molar-refractivity contribution in [2.45, 2.75) is 25.8 Å². The summed E-state index contributed by atoms with van der Waals surface area (Å²) in [4.78, 5) is 16.7. The van der Waals surface area contributed by atoms with E-state index in [0.717, 1.165) is 49.9 Å². The van der Waals surface area contributed by atoms with E-state index in [1.807, 2.05) is 24.5 Å². The first-order valence-corrected chi connectivity index (χ1v) is 8.17. The maximum absolute atomic E-state index is 12.3. The highest BCUT2D eigenvalue weighted by Gasteiger charge is 2.57. The number of aromatic nitrogens is 2. The fraction of sp³-hybridized carbons (Fsp3) is 0.529. The normalized spacial score (nSPS) is 22.8. The molecule has 0 radical (unpaired) electrons. The molecule has 5 nitrogen and oxygen atoms in total. The van der Waals surface area contributed by atoms with Gasteiger partial charge < -0.3 is 15.2 Å². The Morgan fingerprint density at radius 1 is 1.36 bits per heavy atom. The zero-order valence-corrected chi connectivity index (χ0v) is 12.7. The van der Waals surface area contributed by atoms with E-state index in [1.54, 1.807) is 0 Å². The Balaban J connectivity index is 1.31. The molecule has 1 aromatic carbocycles. The van der Waals surface area contributed by atoms with Gasteiger partial charge in [0.1, 0.15) is 0 Å². The highest BCUT2D eigenvalue weighted by atomic mass is 16.2. The van der Waals surface area contributed by atoms with E-state index in [1.165, 1.54) is 0 Å². The first-order valence-electron chi connectivity index (χ1n) is 8.17. The van der Waals surface area contributed by atoms with E-state index in [4.69, 9.17) is 0 Å². The third-order valence-electron chi connectivity index (χ3n) is 5.28. The predicted molar refractivity (Wildman–Crippen MR) is 85.4 cm³/mol. The Morgan fingerprint density at radius 2 is 2.18 bits per heavy atom. The summed E-state index contributed by atoms with van der Waals surface area (Å²) in [5.74, 6) is 0.487. The fourth-order valence-corrected chi connectivity index (χ4v) is 3.81. The maximum atomic E-state index is 12.3. The van der Waals surface area contributed by atoms with E-state index in [2.05, 4.69) is 26.3 Å². The van der Waals surface area contributed by atoms with Crippen LogP contribution in [-0.2, 0) is 11.3 Å². The number of hydrogen-bond acceptors (Lipinski definition) is 3. The van der Waals surface area contributed by atoms with Crippen LogP contribution in [0.15, 0.2) is 30.6 Å². The van der Waals surface area contributed by atoms with Gasteiger partial charge in [0.05, 0.1) is 17.4 Å². The molecule has 1 aliphatic heterocycles. The lowest BCUT2D eigenvalue weighted by molar-refractivity contribution is -0.123. The van der Waals surface area contributed by atoms with Gasteiger partial charge in [0.2, 0.25) is 5.91 Å². The minimum absolute atomic E-state index is 0.242. The van der Waals surface area contributed by atoms with Gasteiger partial charge in [-0.1, -0.05) is 12.1 Å². The molecule has 1 unspecified atom stereocenters. The van der Waals surface area contributed by atoms with Crippen LogP contribution in [0.4, 0.5) is 0 Å². The number of benzene rings is 1. The highest BCUT2D eigenvalue weighted by Crippen LogP contribution is 2.58. The molecule has 1 saturated carbocycles.